The first-order valence-electron chi connectivity index (χ1n) is 8.38. The summed E-state index contributed by atoms with van der Waals surface area (Å²) in [5.41, 5.74) is 2.26. The molecule has 1 amide bonds. The molecule has 0 spiro atoms. The van der Waals surface area contributed by atoms with Crippen LogP contribution in [0.1, 0.15) is 25.0 Å². The minimum Gasteiger partial charge on any atom is -0.448 e. The smallest absolute Gasteiger partial charge is 0.409 e. The number of piperidine rings is 1. The van der Waals surface area contributed by atoms with Crippen molar-refractivity contribution in [2.24, 2.45) is 0 Å². The summed E-state index contributed by atoms with van der Waals surface area (Å²) < 4.78 is 5.40. The minimum absolute atomic E-state index is 0.276. The summed E-state index contributed by atoms with van der Waals surface area (Å²) in [7, 11) is 3.41. The number of carbonyl (C=O) groups excluding carboxylic acids is 1. The van der Waals surface area contributed by atoms with E-state index in [0.29, 0.717) is 6.61 Å². The molecule has 0 aliphatic carbocycles. The fourth-order valence-electron chi connectivity index (χ4n) is 3.22. The first-order valence-corrected chi connectivity index (χ1v) is 8.76. The van der Waals surface area contributed by atoms with Crippen molar-refractivity contribution < 1.29 is 9.53 Å². The van der Waals surface area contributed by atoms with Crippen molar-refractivity contribution in [2.75, 3.05) is 27.2 Å². The maximum absolute atomic E-state index is 11.7. The van der Waals surface area contributed by atoms with Crippen LogP contribution >= 0.6 is 11.6 Å². The first-order chi connectivity index (χ1) is 11.5. The molecule has 1 saturated heterocycles. The molecule has 24 heavy (non-hydrogen) atoms. The lowest BCUT2D eigenvalue weighted by molar-refractivity contribution is 0.0524. The van der Waals surface area contributed by atoms with Gasteiger partial charge in [-0.3, -0.25) is 4.90 Å². The third kappa shape index (κ3) is 4.02. The number of aromatic amines is 1. The van der Waals surface area contributed by atoms with Crippen LogP contribution in [0.2, 0.25) is 5.02 Å². The molecule has 2 heterocycles. The Bertz CT molecular complexity index is 713. The van der Waals surface area contributed by atoms with E-state index in [1.54, 1.807) is 14.1 Å². The number of ether oxygens (including phenoxy) is 1. The largest absolute Gasteiger partial charge is 0.448 e. The lowest BCUT2D eigenvalue weighted by atomic mass is 10.0. The molecule has 0 bridgehead atoms. The van der Waals surface area contributed by atoms with Gasteiger partial charge >= 0.3 is 6.09 Å². The minimum atomic E-state index is -0.277. The number of nitrogens with one attached hydrogen (secondary N) is 1. The predicted molar refractivity (Wildman–Crippen MR) is 96.4 cm³/mol. The second kappa shape index (κ2) is 7.45. The number of aromatic nitrogens is 1. The monoisotopic (exact) mass is 349 g/mol. The van der Waals surface area contributed by atoms with E-state index >= 15 is 0 Å². The van der Waals surface area contributed by atoms with Crippen LogP contribution < -0.4 is 0 Å². The van der Waals surface area contributed by atoms with Crippen molar-refractivity contribution in [3.8, 4) is 0 Å². The number of halogens is 1. The van der Waals surface area contributed by atoms with Gasteiger partial charge in [-0.25, -0.2) is 4.79 Å². The van der Waals surface area contributed by atoms with Crippen LogP contribution in [0.3, 0.4) is 0 Å². The highest BCUT2D eigenvalue weighted by Crippen LogP contribution is 2.24. The van der Waals surface area contributed by atoms with Crippen LogP contribution in [0.15, 0.2) is 24.3 Å². The maximum atomic E-state index is 11.7. The average Bonchev–Trinajstić information content (AvgIpc) is 2.95. The maximum Gasteiger partial charge on any atom is 0.409 e. The molecule has 1 aromatic heterocycles. The molecule has 1 aliphatic rings. The summed E-state index contributed by atoms with van der Waals surface area (Å²) in [5.74, 6) is 0. The number of amides is 1. The number of carbonyl (C=O) groups is 1. The zero-order valence-electron chi connectivity index (χ0n) is 14.2. The first kappa shape index (κ1) is 17.1. The summed E-state index contributed by atoms with van der Waals surface area (Å²) in [6, 6.07) is 8.31. The molecule has 3 rings (SSSR count). The predicted octanol–water partition coefficient (Wildman–Crippen LogP) is 3.87. The fourth-order valence-corrected chi connectivity index (χ4v) is 3.40. The molecular formula is C18H24ClN3O2. The summed E-state index contributed by atoms with van der Waals surface area (Å²) in [6.07, 6.45) is 3.15. The Balaban J connectivity index is 1.67. The third-order valence-electron chi connectivity index (χ3n) is 4.53. The van der Waals surface area contributed by atoms with E-state index in [2.05, 4.69) is 16.0 Å². The van der Waals surface area contributed by atoms with Gasteiger partial charge in [0.15, 0.2) is 0 Å². The van der Waals surface area contributed by atoms with Crippen LogP contribution in [-0.2, 0) is 11.3 Å². The highest BCUT2D eigenvalue weighted by atomic mass is 35.5. The second-order valence-corrected chi connectivity index (χ2v) is 7.05. The molecule has 6 heteroatoms. The van der Waals surface area contributed by atoms with E-state index in [1.165, 1.54) is 17.7 Å². The van der Waals surface area contributed by atoms with Crippen molar-refractivity contribution in [3.63, 3.8) is 0 Å². The van der Waals surface area contributed by atoms with Gasteiger partial charge in [0.2, 0.25) is 0 Å². The number of rotatable bonds is 4. The number of H-pyrrole nitrogens is 1. The Morgan fingerprint density at radius 1 is 1.38 bits per heavy atom. The third-order valence-corrected chi connectivity index (χ3v) is 4.76. The number of hydrogen-bond donors (Lipinski definition) is 1. The lowest BCUT2D eigenvalue weighted by Gasteiger charge is -2.35. The molecule has 1 fully saturated rings. The molecule has 0 saturated carbocycles. The van der Waals surface area contributed by atoms with Gasteiger partial charge in [-0.15, -0.1) is 0 Å². The second-order valence-electron chi connectivity index (χ2n) is 6.62. The normalized spacial score (nSPS) is 18.7. The Labute approximate surface area is 147 Å². The Kier molecular flexibility index (Phi) is 5.31. The summed E-state index contributed by atoms with van der Waals surface area (Å²) >= 11 is 6.06. The number of likely N-dealkylation sites (tertiary alicyclic amines) is 1. The summed E-state index contributed by atoms with van der Waals surface area (Å²) in [6.45, 7) is 2.31. The zero-order valence-corrected chi connectivity index (χ0v) is 15.0. The van der Waals surface area contributed by atoms with Crippen LogP contribution in [-0.4, -0.2) is 54.2 Å². The van der Waals surface area contributed by atoms with Crippen LogP contribution in [0.4, 0.5) is 4.79 Å². The SMILES string of the molecule is CN(C)C(=O)OCC1CCCCN1Cc1cc2cc(Cl)ccc2[nH]1. The van der Waals surface area contributed by atoms with Gasteiger partial charge in [0.1, 0.15) is 6.61 Å². The van der Waals surface area contributed by atoms with E-state index in [9.17, 15) is 4.79 Å². The van der Waals surface area contributed by atoms with Crippen LogP contribution in [0.5, 0.6) is 0 Å². The van der Waals surface area contributed by atoms with Crippen molar-refractivity contribution in [1.29, 1.82) is 0 Å². The zero-order chi connectivity index (χ0) is 17.1. The molecule has 5 nitrogen and oxygen atoms in total. The molecule has 1 aromatic carbocycles. The number of benzene rings is 1. The molecule has 0 radical (unpaired) electrons. The van der Waals surface area contributed by atoms with Gasteiger partial charge in [-0.2, -0.15) is 0 Å². The van der Waals surface area contributed by atoms with E-state index in [4.69, 9.17) is 16.3 Å². The lowest BCUT2D eigenvalue weighted by Crippen LogP contribution is -2.43. The standard InChI is InChI=1S/C18H24ClN3O2/c1-21(2)18(23)24-12-16-5-3-4-8-22(16)11-15-10-13-9-14(19)6-7-17(13)20-15/h6-7,9-10,16,20H,3-5,8,11-12H2,1-2H3. The van der Waals surface area contributed by atoms with Crippen molar-refractivity contribution in [1.82, 2.24) is 14.8 Å². The Hall–Kier alpha value is -1.72. The van der Waals surface area contributed by atoms with Crippen molar-refractivity contribution >= 4 is 28.6 Å². The number of nitrogens with zero attached hydrogens (tertiary/aromatic N) is 2. The number of fused-ring (bicyclic) bond motifs is 1. The van der Waals surface area contributed by atoms with Gasteiger partial charge in [-0.1, -0.05) is 18.0 Å². The van der Waals surface area contributed by atoms with Gasteiger partial charge in [0.25, 0.3) is 0 Å². The van der Waals surface area contributed by atoms with E-state index < -0.39 is 0 Å². The van der Waals surface area contributed by atoms with Gasteiger partial charge in [-0.05, 0) is 43.7 Å². The van der Waals surface area contributed by atoms with Gasteiger partial charge < -0.3 is 14.6 Å². The Morgan fingerprint density at radius 3 is 3.00 bits per heavy atom. The summed E-state index contributed by atoms with van der Waals surface area (Å²) in [4.78, 5) is 19.0. The highest BCUT2D eigenvalue weighted by Gasteiger charge is 2.24. The van der Waals surface area contributed by atoms with E-state index in [1.807, 2.05) is 18.2 Å². The van der Waals surface area contributed by atoms with Gasteiger partial charge in [0.05, 0.1) is 0 Å². The average molecular weight is 350 g/mol. The van der Waals surface area contributed by atoms with E-state index in [-0.39, 0.29) is 12.1 Å². The molecule has 130 valence electrons. The molecule has 1 N–H and O–H groups in total. The van der Waals surface area contributed by atoms with Crippen LogP contribution in [0.25, 0.3) is 10.9 Å². The molecule has 2 aromatic rings. The van der Waals surface area contributed by atoms with Gasteiger partial charge in [0, 0.05) is 48.3 Å². The van der Waals surface area contributed by atoms with Crippen molar-refractivity contribution in [2.45, 2.75) is 31.8 Å². The topological polar surface area (TPSA) is 48.6 Å². The molecule has 1 atom stereocenters. The van der Waals surface area contributed by atoms with Crippen LogP contribution in [0, 0.1) is 0 Å². The summed E-state index contributed by atoms with van der Waals surface area (Å²) in [5, 5.41) is 1.88. The van der Waals surface area contributed by atoms with Crippen molar-refractivity contribution in [3.05, 3.63) is 35.0 Å². The highest BCUT2D eigenvalue weighted by molar-refractivity contribution is 6.31. The molecule has 1 unspecified atom stereocenters. The number of hydrogen-bond acceptors (Lipinski definition) is 3. The molecular weight excluding hydrogens is 326 g/mol. The quantitative estimate of drug-likeness (QED) is 0.911. The molecule has 1 aliphatic heterocycles. The fraction of sp³-hybridized carbons (Fsp3) is 0.500. The Morgan fingerprint density at radius 2 is 2.21 bits per heavy atom. The van der Waals surface area contributed by atoms with E-state index in [0.717, 1.165) is 41.1 Å².